The SMILES string of the molecule is CCCCCCCC[Si](CCCS)(CCCCCCCC)OCCN(C)C. The van der Waals surface area contributed by atoms with E-state index in [1.165, 1.54) is 102 Å². The summed E-state index contributed by atoms with van der Waals surface area (Å²) in [6.45, 7) is 6.59. The van der Waals surface area contributed by atoms with Crippen LogP contribution in [0.25, 0.3) is 0 Å². The van der Waals surface area contributed by atoms with E-state index in [1.807, 2.05) is 0 Å². The molecule has 0 bridgehead atoms. The maximum Gasteiger partial charge on any atom is 0.192 e. The Bertz CT molecular complexity index is 286. The zero-order chi connectivity index (χ0) is 20.2. The van der Waals surface area contributed by atoms with Gasteiger partial charge in [-0.1, -0.05) is 90.9 Å². The molecule has 0 spiro atoms. The molecule has 0 aliphatic carbocycles. The van der Waals surface area contributed by atoms with Crippen molar-refractivity contribution in [3.8, 4) is 0 Å². The Morgan fingerprint density at radius 3 is 1.56 bits per heavy atom. The van der Waals surface area contributed by atoms with Gasteiger partial charge in [-0.05, 0) is 44.4 Å². The zero-order valence-electron chi connectivity index (χ0n) is 19.2. The lowest BCUT2D eigenvalue weighted by Gasteiger charge is -2.32. The van der Waals surface area contributed by atoms with Crippen molar-refractivity contribution >= 4 is 20.9 Å². The number of unbranched alkanes of at least 4 members (excludes halogenated alkanes) is 10. The Hall–Kier alpha value is 0.487. The minimum absolute atomic E-state index is 0.928. The van der Waals surface area contributed by atoms with Gasteiger partial charge < -0.3 is 9.33 Å². The van der Waals surface area contributed by atoms with Crippen molar-refractivity contribution in [2.24, 2.45) is 0 Å². The molecular weight excluding hydrogens is 366 g/mol. The molecule has 0 unspecified atom stereocenters. The highest BCUT2D eigenvalue weighted by molar-refractivity contribution is 7.80. The highest BCUT2D eigenvalue weighted by atomic mass is 32.1. The van der Waals surface area contributed by atoms with Crippen LogP contribution in [-0.2, 0) is 4.43 Å². The first-order valence-electron chi connectivity index (χ1n) is 12.0. The van der Waals surface area contributed by atoms with E-state index < -0.39 is 8.32 Å². The van der Waals surface area contributed by atoms with Crippen molar-refractivity contribution in [2.45, 2.75) is 115 Å². The standard InChI is InChI=1S/C23H51NOSSi/c1-5-7-9-11-13-15-21-27(23-17-20-26,25-19-18-24(3)4)22-16-14-12-10-8-6-2/h26H,5-23H2,1-4H3. The molecule has 2 nitrogen and oxygen atoms in total. The van der Waals surface area contributed by atoms with Crippen LogP contribution >= 0.6 is 12.6 Å². The van der Waals surface area contributed by atoms with Crippen LogP contribution in [0.1, 0.15) is 97.3 Å². The van der Waals surface area contributed by atoms with E-state index >= 15 is 0 Å². The van der Waals surface area contributed by atoms with E-state index in [1.54, 1.807) is 0 Å². The van der Waals surface area contributed by atoms with Crippen LogP contribution in [0, 0.1) is 0 Å². The van der Waals surface area contributed by atoms with Crippen LogP contribution in [0.15, 0.2) is 0 Å². The highest BCUT2D eigenvalue weighted by Crippen LogP contribution is 2.30. The van der Waals surface area contributed by atoms with Gasteiger partial charge >= 0.3 is 0 Å². The topological polar surface area (TPSA) is 12.5 Å². The number of thiol groups is 1. The Labute approximate surface area is 178 Å². The van der Waals surface area contributed by atoms with Gasteiger partial charge in [0, 0.05) is 13.2 Å². The highest BCUT2D eigenvalue weighted by Gasteiger charge is 2.33. The molecule has 0 atom stereocenters. The van der Waals surface area contributed by atoms with E-state index in [2.05, 4.69) is 45.5 Å². The summed E-state index contributed by atoms with van der Waals surface area (Å²) in [5, 5.41) is 0. The molecule has 0 saturated carbocycles. The van der Waals surface area contributed by atoms with Crippen molar-refractivity contribution < 1.29 is 4.43 Å². The summed E-state index contributed by atoms with van der Waals surface area (Å²) >= 11 is 4.51. The van der Waals surface area contributed by atoms with Gasteiger partial charge in [0.2, 0.25) is 0 Å². The monoisotopic (exact) mass is 417 g/mol. The van der Waals surface area contributed by atoms with Crippen molar-refractivity contribution in [2.75, 3.05) is 33.0 Å². The van der Waals surface area contributed by atoms with Crippen LogP contribution < -0.4 is 0 Å². The Morgan fingerprint density at radius 1 is 0.667 bits per heavy atom. The minimum atomic E-state index is -1.60. The lowest BCUT2D eigenvalue weighted by atomic mass is 10.1. The normalized spacial score (nSPS) is 12.2. The lowest BCUT2D eigenvalue weighted by Crippen LogP contribution is -2.40. The summed E-state index contributed by atoms with van der Waals surface area (Å²) in [6.07, 6.45) is 18.0. The second-order valence-electron chi connectivity index (χ2n) is 8.70. The summed E-state index contributed by atoms with van der Waals surface area (Å²) in [5.74, 6) is 1.01. The Morgan fingerprint density at radius 2 is 1.11 bits per heavy atom. The van der Waals surface area contributed by atoms with E-state index in [-0.39, 0.29) is 0 Å². The van der Waals surface area contributed by atoms with E-state index in [0.717, 1.165) is 18.9 Å². The number of rotatable bonds is 21. The predicted octanol–water partition coefficient (Wildman–Crippen LogP) is 7.55. The summed E-state index contributed by atoms with van der Waals surface area (Å²) < 4.78 is 6.76. The van der Waals surface area contributed by atoms with Crippen molar-refractivity contribution in [1.82, 2.24) is 4.90 Å². The average Bonchev–Trinajstić information content (AvgIpc) is 2.65. The second kappa shape index (κ2) is 19.8. The van der Waals surface area contributed by atoms with Gasteiger partial charge in [-0.2, -0.15) is 12.6 Å². The van der Waals surface area contributed by atoms with Crippen molar-refractivity contribution in [3.63, 3.8) is 0 Å². The summed E-state index contributed by atoms with van der Waals surface area (Å²) in [7, 11) is 2.71. The quantitative estimate of drug-likeness (QED) is 0.117. The van der Waals surface area contributed by atoms with Crippen LogP contribution in [0.4, 0.5) is 0 Å². The van der Waals surface area contributed by atoms with Gasteiger partial charge in [0.1, 0.15) is 0 Å². The third kappa shape index (κ3) is 17.1. The molecule has 4 heteroatoms. The molecular formula is C23H51NOSSi. The Balaban J connectivity index is 4.53. The average molecular weight is 418 g/mol. The van der Waals surface area contributed by atoms with Gasteiger partial charge in [0.05, 0.1) is 0 Å². The fourth-order valence-electron chi connectivity index (χ4n) is 3.89. The third-order valence-corrected chi connectivity index (χ3v) is 10.6. The van der Waals surface area contributed by atoms with Gasteiger partial charge in [-0.3, -0.25) is 0 Å². The number of hydrogen-bond donors (Lipinski definition) is 1. The van der Waals surface area contributed by atoms with E-state index in [4.69, 9.17) is 4.43 Å². The maximum atomic E-state index is 6.76. The number of nitrogens with zero attached hydrogens (tertiary/aromatic N) is 1. The molecule has 0 amide bonds. The third-order valence-electron chi connectivity index (χ3n) is 5.71. The molecule has 27 heavy (non-hydrogen) atoms. The molecule has 0 aromatic heterocycles. The zero-order valence-corrected chi connectivity index (χ0v) is 21.1. The fourth-order valence-corrected chi connectivity index (χ4v) is 8.67. The predicted molar refractivity (Wildman–Crippen MR) is 130 cm³/mol. The molecule has 0 N–H and O–H groups in total. The molecule has 0 aliphatic heterocycles. The van der Waals surface area contributed by atoms with Crippen LogP contribution in [-0.4, -0.2) is 46.2 Å². The molecule has 164 valence electrons. The van der Waals surface area contributed by atoms with Crippen LogP contribution in [0.2, 0.25) is 18.1 Å². The van der Waals surface area contributed by atoms with E-state index in [9.17, 15) is 0 Å². The smallest absolute Gasteiger partial charge is 0.192 e. The first kappa shape index (κ1) is 27.5. The first-order valence-corrected chi connectivity index (χ1v) is 15.2. The van der Waals surface area contributed by atoms with Gasteiger partial charge in [0.15, 0.2) is 8.32 Å². The fraction of sp³-hybridized carbons (Fsp3) is 1.00. The summed E-state index contributed by atoms with van der Waals surface area (Å²) in [4.78, 5) is 2.26. The summed E-state index contributed by atoms with van der Waals surface area (Å²) in [5.41, 5.74) is 0. The van der Waals surface area contributed by atoms with Crippen LogP contribution in [0.5, 0.6) is 0 Å². The molecule has 0 fully saturated rings. The molecule has 0 saturated heterocycles. The van der Waals surface area contributed by atoms with Crippen LogP contribution in [0.3, 0.4) is 0 Å². The largest absolute Gasteiger partial charge is 0.416 e. The van der Waals surface area contributed by atoms with Crippen molar-refractivity contribution in [3.05, 3.63) is 0 Å². The first-order chi connectivity index (χ1) is 13.1. The van der Waals surface area contributed by atoms with E-state index in [0.29, 0.717) is 0 Å². The molecule has 0 aromatic rings. The molecule has 0 aliphatic rings. The molecule has 0 radical (unpaired) electrons. The van der Waals surface area contributed by atoms with Gasteiger partial charge in [-0.25, -0.2) is 0 Å². The van der Waals surface area contributed by atoms with Crippen molar-refractivity contribution in [1.29, 1.82) is 0 Å². The molecule has 0 aromatic carbocycles. The molecule has 0 heterocycles. The van der Waals surface area contributed by atoms with Gasteiger partial charge in [0.25, 0.3) is 0 Å². The van der Waals surface area contributed by atoms with Gasteiger partial charge in [-0.15, -0.1) is 0 Å². The lowest BCUT2D eigenvalue weighted by molar-refractivity contribution is 0.245. The number of likely N-dealkylation sites (N-methyl/N-ethyl adjacent to an activating group) is 1. The number of hydrogen-bond acceptors (Lipinski definition) is 3. The molecule has 0 rings (SSSR count). The summed E-state index contributed by atoms with van der Waals surface area (Å²) in [6, 6.07) is 4.10. The maximum absolute atomic E-state index is 6.76. The second-order valence-corrected chi connectivity index (χ2v) is 13.3. The minimum Gasteiger partial charge on any atom is -0.416 e. The Kier molecular flexibility index (Phi) is 20.1.